The van der Waals surface area contributed by atoms with Crippen molar-refractivity contribution in [1.82, 2.24) is 25.5 Å². The van der Waals surface area contributed by atoms with E-state index in [4.69, 9.17) is 20.4 Å². The van der Waals surface area contributed by atoms with Gasteiger partial charge in [0.25, 0.3) is 0 Å². The molecule has 0 bridgehead atoms. The van der Waals surface area contributed by atoms with Crippen LogP contribution in [-0.4, -0.2) is 65.9 Å². The Morgan fingerprint density at radius 3 is 2.50 bits per heavy atom. The number of rotatable bonds is 8. The van der Waals surface area contributed by atoms with Crippen LogP contribution in [0.2, 0.25) is 0 Å². The molecule has 0 radical (unpaired) electrons. The number of anilines is 5. The molecule has 0 unspecified atom stereocenters. The zero-order valence-corrected chi connectivity index (χ0v) is 21.2. The molecule has 2 aliphatic rings. The summed E-state index contributed by atoms with van der Waals surface area (Å²) in [5.41, 5.74) is 18.6. The number of aryl methyl sites for hydroxylation is 1. The Bertz CT molecular complexity index is 1190. The van der Waals surface area contributed by atoms with Gasteiger partial charge in [0.15, 0.2) is 5.82 Å². The number of nitrogen functional groups attached to an aromatic ring is 1. The zero-order chi connectivity index (χ0) is 25.1. The van der Waals surface area contributed by atoms with Gasteiger partial charge in [-0.3, -0.25) is 5.01 Å². The summed E-state index contributed by atoms with van der Waals surface area (Å²) in [5.74, 6) is 1.77. The molecule has 190 valence electrons. The molecule has 0 amide bonds. The third-order valence-electron chi connectivity index (χ3n) is 6.72. The molecular weight excluding hydrogens is 456 g/mol. The van der Waals surface area contributed by atoms with Crippen LogP contribution in [0.4, 0.5) is 29.1 Å². The highest BCUT2D eigenvalue weighted by atomic mass is 16.5. The minimum absolute atomic E-state index is 0.243. The van der Waals surface area contributed by atoms with Crippen LogP contribution in [0.25, 0.3) is 11.3 Å². The molecule has 1 fully saturated rings. The first kappa shape index (κ1) is 24.0. The van der Waals surface area contributed by atoms with E-state index in [1.807, 2.05) is 5.01 Å². The minimum atomic E-state index is 0.243. The predicted molar refractivity (Wildman–Crippen MR) is 143 cm³/mol. The third kappa shape index (κ3) is 4.84. The number of hydrazine groups is 2. The number of aromatic nitrogens is 4. The van der Waals surface area contributed by atoms with E-state index in [9.17, 15) is 0 Å². The number of benzene rings is 1. The maximum Gasteiger partial charge on any atom is 0.228 e. The fraction of sp³-hybridized carbons (Fsp3) is 0.440. The molecule has 0 atom stereocenters. The van der Waals surface area contributed by atoms with Gasteiger partial charge in [0.05, 0.1) is 24.6 Å². The lowest BCUT2D eigenvalue weighted by atomic mass is 10.1. The number of ether oxygens (including phenoxy) is 1. The van der Waals surface area contributed by atoms with E-state index >= 15 is 0 Å². The number of morpholine rings is 1. The Morgan fingerprint density at radius 2 is 1.81 bits per heavy atom. The number of nitrogens with one attached hydrogen (secondary N) is 2. The van der Waals surface area contributed by atoms with Gasteiger partial charge in [0, 0.05) is 61.9 Å². The zero-order valence-electron chi connectivity index (χ0n) is 21.2. The van der Waals surface area contributed by atoms with Gasteiger partial charge in [-0.25, -0.2) is 15.0 Å². The Hall–Kier alpha value is -3.70. The normalized spacial score (nSPS) is 15.2. The Morgan fingerprint density at radius 1 is 1.06 bits per heavy atom. The highest BCUT2D eigenvalue weighted by Gasteiger charge is 2.28. The maximum absolute atomic E-state index is 5.73. The monoisotopic (exact) mass is 490 g/mol. The summed E-state index contributed by atoms with van der Waals surface area (Å²) in [6.45, 7) is 12.0. The second kappa shape index (κ2) is 10.5. The van der Waals surface area contributed by atoms with Gasteiger partial charge in [-0.1, -0.05) is 0 Å². The van der Waals surface area contributed by atoms with Crippen LogP contribution in [0.3, 0.4) is 0 Å². The fourth-order valence-corrected chi connectivity index (χ4v) is 4.66. The Balaban J connectivity index is 1.42. The molecule has 0 aliphatic carbocycles. The first-order valence-electron chi connectivity index (χ1n) is 12.5. The molecule has 1 saturated heterocycles. The van der Waals surface area contributed by atoms with Crippen molar-refractivity contribution in [2.24, 2.45) is 0 Å². The lowest BCUT2D eigenvalue weighted by molar-refractivity contribution is 0.122. The molecule has 11 nitrogen and oxygen atoms in total. The Labute approximate surface area is 211 Å². The average Bonchev–Trinajstić information content (AvgIpc) is 3.32. The number of fused-ring (bicyclic) bond motifs is 1. The molecule has 36 heavy (non-hydrogen) atoms. The lowest BCUT2D eigenvalue weighted by Crippen LogP contribution is -2.42. The second-order valence-electron chi connectivity index (χ2n) is 8.91. The summed E-state index contributed by atoms with van der Waals surface area (Å²) in [4.78, 5) is 22.8. The quantitative estimate of drug-likeness (QED) is 0.404. The van der Waals surface area contributed by atoms with Crippen molar-refractivity contribution in [2.45, 2.75) is 27.2 Å². The van der Waals surface area contributed by atoms with E-state index in [0.29, 0.717) is 19.2 Å². The van der Waals surface area contributed by atoms with Crippen molar-refractivity contribution in [1.29, 1.82) is 0 Å². The maximum atomic E-state index is 5.73. The van der Waals surface area contributed by atoms with Crippen molar-refractivity contribution < 1.29 is 4.74 Å². The van der Waals surface area contributed by atoms with Crippen molar-refractivity contribution in [2.75, 3.05) is 71.9 Å². The molecule has 11 heteroatoms. The first-order valence-corrected chi connectivity index (χ1v) is 12.5. The fourth-order valence-electron chi connectivity index (χ4n) is 4.66. The molecule has 2 aliphatic heterocycles. The molecule has 4 N–H and O–H groups in total. The Kier molecular flexibility index (Phi) is 7.01. The van der Waals surface area contributed by atoms with E-state index in [2.05, 4.69) is 69.7 Å². The van der Waals surface area contributed by atoms with Gasteiger partial charge in [0.1, 0.15) is 0 Å². The van der Waals surface area contributed by atoms with Crippen LogP contribution in [-0.2, 0) is 11.2 Å². The minimum Gasteiger partial charge on any atom is -0.378 e. The largest absolute Gasteiger partial charge is 0.378 e. The SMILES string of the molecule is CCN(CC)c1ccc(NNN2CCc3c(-c4cnc(N)nc4)nc(N4CCOCC4)nc32)c(C)c1. The van der Waals surface area contributed by atoms with Crippen LogP contribution >= 0.6 is 0 Å². The third-order valence-corrected chi connectivity index (χ3v) is 6.72. The average molecular weight is 491 g/mol. The van der Waals surface area contributed by atoms with E-state index in [-0.39, 0.29) is 5.95 Å². The van der Waals surface area contributed by atoms with Crippen LogP contribution in [0, 0.1) is 6.92 Å². The van der Waals surface area contributed by atoms with Crippen molar-refractivity contribution >= 4 is 29.1 Å². The van der Waals surface area contributed by atoms with Gasteiger partial charge in [-0.15, -0.1) is 5.53 Å². The molecule has 5 rings (SSSR count). The molecular formula is C25H34N10O. The summed E-state index contributed by atoms with van der Waals surface area (Å²) in [6.07, 6.45) is 4.25. The summed E-state index contributed by atoms with van der Waals surface area (Å²) in [5, 5.41) is 2.04. The molecule has 3 aromatic rings. The van der Waals surface area contributed by atoms with Gasteiger partial charge in [0.2, 0.25) is 11.9 Å². The van der Waals surface area contributed by atoms with Gasteiger partial charge in [-0.2, -0.15) is 4.98 Å². The van der Waals surface area contributed by atoms with Crippen LogP contribution < -0.4 is 31.5 Å². The standard InChI is InChI=1S/C25H34N10O/c1-4-33(5-2)19-6-7-21(17(3)14-19)31-32-35-9-8-20-22(18-15-27-24(26)28-16-18)29-25(30-23(20)35)34-10-12-36-13-11-34/h6-7,14-16,31-32H,4-5,8-13H2,1-3H3,(H2,26,27,28). The van der Waals surface area contributed by atoms with Crippen molar-refractivity contribution in [3.05, 3.63) is 41.7 Å². The van der Waals surface area contributed by atoms with E-state index in [0.717, 1.165) is 67.5 Å². The van der Waals surface area contributed by atoms with Gasteiger partial charge < -0.3 is 25.7 Å². The van der Waals surface area contributed by atoms with E-state index in [1.165, 1.54) is 11.3 Å². The van der Waals surface area contributed by atoms with E-state index in [1.54, 1.807) is 12.4 Å². The summed E-state index contributed by atoms with van der Waals surface area (Å²) in [6, 6.07) is 6.48. The smallest absolute Gasteiger partial charge is 0.228 e. The van der Waals surface area contributed by atoms with E-state index < -0.39 is 0 Å². The number of nitrogens with zero attached hydrogens (tertiary/aromatic N) is 7. The van der Waals surface area contributed by atoms with Gasteiger partial charge >= 0.3 is 0 Å². The topological polar surface area (TPSA) is 121 Å². The molecule has 2 aromatic heterocycles. The van der Waals surface area contributed by atoms with Crippen LogP contribution in [0.5, 0.6) is 0 Å². The first-order chi connectivity index (χ1) is 17.6. The number of nitrogens with two attached hydrogens (primary N) is 1. The summed E-state index contributed by atoms with van der Waals surface area (Å²) < 4.78 is 5.53. The van der Waals surface area contributed by atoms with Gasteiger partial charge in [-0.05, 0) is 51.0 Å². The number of hydrogen-bond acceptors (Lipinski definition) is 11. The second-order valence-corrected chi connectivity index (χ2v) is 8.91. The summed E-state index contributed by atoms with van der Waals surface area (Å²) in [7, 11) is 0. The van der Waals surface area contributed by atoms with Crippen molar-refractivity contribution in [3.63, 3.8) is 0 Å². The predicted octanol–water partition coefficient (Wildman–Crippen LogP) is 2.40. The molecule has 0 spiro atoms. The highest BCUT2D eigenvalue weighted by Crippen LogP contribution is 2.34. The highest BCUT2D eigenvalue weighted by molar-refractivity contribution is 5.72. The summed E-state index contributed by atoms with van der Waals surface area (Å²) >= 11 is 0. The lowest BCUT2D eigenvalue weighted by Gasteiger charge is -2.28. The van der Waals surface area contributed by atoms with Crippen molar-refractivity contribution in [3.8, 4) is 11.3 Å². The molecule has 4 heterocycles. The molecule has 0 saturated carbocycles. The number of hydrogen-bond donors (Lipinski definition) is 3. The molecule has 1 aromatic carbocycles. The van der Waals surface area contributed by atoms with Crippen LogP contribution in [0.1, 0.15) is 25.0 Å². The van der Waals surface area contributed by atoms with Crippen LogP contribution in [0.15, 0.2) is 30.6 Å².